The van der Waals surface area contributed by atoms with E-state index in [0.29, 0.717) is 16.2 Å². The zero-order valence-corrected chi connectivity index (χ0v) is 19.9. The third-order valence-electron chi connectivity index (χ3n) is 5.74. The zero-order valence-electron chi connectivity index (χ0n) is 19.1. The van der Waals surface area contributed by atoms with E-state index in [1.165, 1.54) is 60.5 Å². The van der Waals surface area contributed by atoms with Crippen molar-refractivity contribution in [2.24, 2.45) is 11.8 Å². The van der Waals surface area contributed by atoms with Crippen LogP contribution in [0.2, 0.25) is 0 Å². The van der Waals surface area contributed by atoms with Gasteiger partial charge in [-0.2, -0.15) is 0 Å². The number of non-ortho nitro benzene ring substituents is 1. The number of anilines is 1. The molecule has 3 amide bonds. The van der Waals surface area contributed by atoms with E-state index in [1.807, 2.05) is 0 Å². The summed E-state index contributed by atoms with van der Waals surface area (Å²) in [6, 6.07) is 11.3. The molecule has 1 aliphatic rings. The van der Waals surface area contributed by atoms with Crippen LogP contribution in [0.15, 0.2) is 48.5 Å². The number of amides is 3. The molecule has 0 bridgehead atoms. The molecule has 190 valence electrons. The summed E-state index contributed by atoms with van der Waals surface area (Å²) in [5.41, 5.74) is 0.506. The number of likely N-dealkylation sites (tertiary alicyclic amines) is 1. The summed E-state index contributed by atoms with van der Waals surface area (Å²) in [4.78, 5) is 49.7. The zero-order chi connectivity index (χ0) is 26.4. The maximum atomic E-state index is 13.2. The average Bonchev–Trinajstić information content (AvgIpc) is 3.32. The molecule has 1 fully saturated rings. The Labute approximate surface area is 210 Å². The van der Waals surface area contributed by atoms with Crippen LogP contribution >= 0.6 is 12.2 Å². The molecule has 0 radical (unpaired) electrons. The fraction of sp³-hybridized carbons (Fsp3) is 0.304. The van der Waals surface area contributed by atoms with Crippen LogP contribution in [0.25, 0.3) is 0 Å². The van der Waals surface area contributed by atoms with Gasteiger partial charge in [0.1, 0.15) is 18.3 Å². The molecule has 0 aromatic heterocycles. The highest BCUT2D eigenvalue weighted by Gasteiger charge is 2.42. The Kier molecular flexibility index (Phi) is 8.38. The lowest BCUT2D eigenvalue weighted by Gasteiger charge is -2.26. The SMILES string of the molecule is COc1ccc(N(C(=O)O)C(=O)[C@@H](C(O)=S)[C@@H]2CCN(C(=O)OCc3ccc([N+](=O)[O-])cc3)C2)cc1. The number of nitro groups is 1. The Balaban J connectivity index is 1.67. The Morgan fingerprint density at radius 1 is 1.17 bits per heavy atom. The van der Waals surface area contributed by atoms with Crippen LogP contribution in [0.5, 0.6) is 5.75 Å². The van der Waals surface area contributed by atoms with E-state index in [-0.39, 0.29) is 37.5 Å². The molecule has 13 heteroatoms. The fourth-order valence-electron chi connectivity index (χ4n) is 3.89. The number of imide groups is 1. The molecule has 1 aliphatic heterocycles. The molecule has 36 heavy (non-hydrogen) atoms. The van der Waals surface area contributed by atoms with Crippen molar-refractivity contribution in [2.45, 2.75) is 13.0 Å². The van der Waals surface area contributed by atoms with Crippen LogP contribution in [0.3, 0.4) is 0 Å². The third kappa shape index (κ3) is 6.05. The number of benzene rings is 2. The normalized spacial score (nSPS) is 15.6. The maximum Gasteiger partial charge on any atom is 0.418 e. The minimum atomic E-state index is -1.55. The molecule has 0 aliphatic carbocycles. The molecule has 0 saturated carbocycles. The van der Waals surface area contributed by atoms with Gasteiger partial charge in [0.25, 0.3) is 5.69 Å². The fourth-order valence-corrected chi connectivity index (χ4v) is 4.18. The number of hydrogen-bond donors (Lipinski definition) is 2. The second-order valence-corrected chi connectivity index (χ2v) is 8.36. The van der Waals surface area contributed by atoms with E-state index in [0.717, 1.165) is 0 Å². The van der Waals surface area contributed by atoms with Gasteiger partial charge in [-0.1, -0.05) is 0 Å². The van der Waals surface area contributed by atoms with Gasteiger partial charge in [-0.25, -0.2) is 14.5 Å². The summed E-state index contributed by atoms with van der Waals surface area (Å²) in [5, 5.41) is 29.9. The van der Waals surface area contributed by atoms with Crippen molar-refractivity contribution in [2.75, 3.05) is 25.1 Å². The van der Waals surface area contributed by atoms with Crippen molar-refractivity contribution in [3.63, 3.8) is 0 Å². The summed E-state index contributed by atoms with van der Waals surface area (Å²) in [6.45, 7) is 0.0844. The maximum absolute atomic E-state index is 13.2. The lowest BCUT2D eigenvalue weighted by Crippen LogP contribution is -2.46. The van der Waals surface area contributed by atoms with E-state index in [2.05, 4.69) is 0 Å². The minimum Gasteiger partial charge on any atom is -0.501 e. The number of aliphatic hydroxyl groups excluding tert-OH is 1. The van der Waals surface area contributed by atoms with Crippen molar-refractivity contribution < 1.29 is 39.0 Å². The minimum absolute atomic E-state index is 0.00622. The van der Waals surface area contributed by atoms with Crippen LogP contribution in [-0.4, -0.2) is 63.4 Å². The Morgan fingerprint density at radius 3 is 2.33 bits per heavy atom. The summed E-state index contributed by atoms with van der Waals surface area (Å²) in [7, 11) is 1.44. The molecule has 0 unspecified atom stereocenters. The van der Waals surface area contributed by atoms with Crippen molar-refractivity contribution in [1.29, 1.82) is 0 Å². The summed E-state index contributed by atoms with van der Waals surface area (Å²) in [6.07, 6.45) is -1.96. The number of aliphatic hydroxyl groups is 1. The number of carboxylic acid groups (broad SMARTS) is 1. The van der Waals surface area contributed by atoms with E-state index >= 15 is 0 Å². The number of rotatable bonds is 8. The van der Waals surface area contributed by atoms with Gasteiger partial charge in [-0.15, -0.1) is 0 Å². The highest BCUT2D eigenvalue weighted by molar-refractivity contribution is 7.80. The molecule has 3 rings (SSSR count). The van der Waals surface area contributed by atoms with Crippen LogP contribution in [-0.2, 0) is 16.1 Å². The van der Waals surface area contributed by atoms with Crippen LogP contribution in [0, 0.1) is 22.0 Å². The summed E-state index contributed by atoms with van der Waals surface area (Å²) < 4.78 is 10.3. The van der Waals surface area contributed by atoms with E-state index < -0.39 is 39.9 Å². The first-order valence-electron chi connectivity index (χ1n) is 10.7. The highest BCUT2D eigenvalue weighted by atomic mass is 32.1. The van der Waals surface area contributed by atoms with Crippen molar-refractivity contribution in [3.05, 3.63) is 64.2 Å². The van der Waals surface area contributed by atoms with Crippen LogP contribution in [0.4, 0.5) is 21.0 Å². The molecule has 2 atom stereocenters. The van der Waals surface area contributed by atoms with Gasteiger partial charge in [0.2, 0.25) is 5.91 Å². The molecule has 2 aromatic rings. The van der Waals surface area contributed by atoms with E-state index in [9.17, 15) is 34.7 Å². The third-order valence-corrected chi connectivity index (χ3v) is 5.99. The first-order chi connectivity index (χ1) is 17.1. The van der Waals surface area contributed by atoms with Crippen LogP contribution < -0.4 is 9.64 Å². The molecular formula is C23H23N3O9S. The second kappa shape index (κ2) is 11.4. The Hall–Kier alpha value is -4.26. The molecule has 1 heterocycles. The Morgan fingerprint density at radius 2 is 1.81 bits per heavy atom. The van der Waals surface area contributed by atoms with Gasteiger partial charge in [0.15, 0.2) is 5.05 Å². The first kappa shape index (κ1) is 26.3. The molecular weight excluding hydrogens is 494 g/mol. The number of carbonyl (C=O) groups excluding carboxylic acids is 2. The molecule has 2 aromatic carbocycles. The molecule has 0 spiro atoms. The van der Waals surface area contributed by atoms with E-state index in [1.54, 1.807) is 0 Å². The molecule has 2 N–H and O–H groups in total. The standard InChI is InChI=1S/C23H23N3O9S/c1-34-18-8-6-16(7-9-18)25(22(29)30)20(27)19(21(28)36)15-10-11-24(12-15)23(31)35-13-14-2-4-17(5-3-14)26(32)33/h2-9,15,19H,10-13H2,1H3,(H,28,36)(H,29,30)/t15-,19+/m1/s1. The number of methoxy groups -OCH3 is 1. The lowest BCUT2D eigenvalue weighted by molar-refractivity contribution is -0.384. The number of nitrogens with zero attached hydrogens (tertiary/aromatic N) is 3. The van der Waals surface area contributed by atoms with E-state index in [4.69, 9.17) is 21.7 Å². The van der Waals surface area contributed by atoms with Gasteiger partial charge in [-0.05, 0) is 66.5 Å². The molecule has 1 saturated heterocycles. The van der Waals surface area contributed by atoms with Gasteiger partial charge < -0.3 is 24.6 Å². The van der Waals surface area contributed by atoms with Crippen molar-refractivity contribution >= 4 is 46.7 Å². The predicted octanol–water partition coefficient (Wildman–Crippen LogP) is 3.77. The van der Waals surface area contributed by atoms with Gasteiger partial charge in [-0.3, -0.25) is 14.9 Å². The average molecular weight is 518 g/mol. The van der Waals surface area contributed by atoms with Crippen LogP contribution in [0.1, 0.15) is 12.0 Å². The number of hydrogen-bond acceptors (Lipinski definition) is 8. The number of thiocarbonyl (C=S) groups is 1. The predicted molar refractivity (Wildman–Crippen MR) is 130 cm³/mol. The number of ether oxygens (including phenoxy) is 2. The van der Waals surface area contributed by atoms with Crippen molar-refractivity contribution in [3.8, 4) is 5.75 Å². The number of nitro benzene ring substituents is 1. The second-order valence-electron chi connectivity index (χ2n) is 7.94. The quantitative estimate of drug-likeness (QED) is 0.300. The Bertz CT molecular complexity index is 1150. The monoisotopic (exact) mass is 517 g/mol. The van der Waals surface area contributed by atoms with Crippen molar-refractivity contribution in [1.82, 2.24) is 4.90 Å². The van der Waals surface area contributed by atoms with Gasteiger partial charge >= 0.3 is 12.2 Å². The van der Waals surface area contributed by atoms with Gasteiger partial charge in [0, 0.05) is 25.2 Å². The van der Waals surface area contributed by atoms with Gasteiger partial charge in [0.05, 0.1) is 17.7 Å². The first-order valence-corrected chi connectivity index (χ1v) is 11.1. The molecule has 12 nitrogen and oxygen atoms in total. The highest BCUT2D eigenvalue weighted by Crippen LogP contribution is 2.30. The summed E-state index contributed by atoms with van der Waals surface area (Å²) >= 11 is 4.89. The number of carbonyl (C=O) groups is 3. The topological polar surface area (TPSA) is 160 Å². The smallest absolute Gasteiger partial charge is 0.418 e. The lowest BCUT2D eigenvalue weighted by atomic mass is 9.90. The summed E-state index contributed by atoms with van der Waals surface area (Å²) in [5.74, 6) is -2.46. The largest absolute Gasteiger partial charge is 0.501 e.